The van der Waals surface area contributed by atoms with Gasteiger partial charge in [-0.3, -0.25) is 0 Å². The van der Waals surface area contributed by atoms with Crippen molar-refractivity contribution in [2.24, 2.45) is 35.5 Å². The number of rotatable bonds is 7. The Morgan fingerprint density at radius 2 is 1.03 bits per heavy atom. The Hall–Kier alpha value is -1.14. The molecule has 30 heavy (non-hydrogen) atoms. The van der Waals surface area contributed by atoms with Gasteiger partial charge in [0, 0.05) is 0 Å². The molecule has 0 aromatic rings. The fraction of sp³-hybridized carbons (Fsp3) is 0.917. The van der Waals surface area contributed by atoms with Gasteiger partial charge in [-0.05, 0) is 61.2 Å². The van der Waals surface area contributed by atoms with Crippen molar-refractivity contribution < 1.29 is 29.3 Å². The van der Waals surface area contributed by atoms with Gasteiger partial charge in [0.25, 0.3) is 0 Å². The van der Waals surface area contributed by atoms with E-state index in [1.807, 2.05) is 0 Å². The second kappa shape index (κ2) is 10.9. The number of hydrogen-bond acceptors (Lipinski definition) is 6. The van der Waals surface area contributed by atoms with E-state index < -0.39 is 24.1 Å². The normalized spacial score (nSPS) is 34.5. The second-order valence-corrected chi connectivity index (χ2v) is 10.5. The quantitative estimate of drug-likeness (QED) is 0.603. The zero-order valence-corrected chi connectivity index (χ0v) is 19.5. The first kappa shape index (κ1) is 25.1. The maximum Gasteiger partial charge on any atom is 0.338 e. The van der Waals surface area contributed by atoms with Crippen LogP contribution in [-0.4, -0.2) is 46.6 Å². The molecule has 8 atom stereocenters. The molecule has 2 unspecified atom stereocenters. The lowest BCUT2D eigenvalue weighted by molar-refractivity contribution is -0.185. The van der Waals surface area contributed by atoms with Gasteiger partial charge in [-0.2, -0.15) is 0 Å². The van der Waals surface area contributed by atoms with Gasteiger partial charge >= 0.3 is 11.9 Å². The molecule has 0 radical (unpaired) electrons. The number of aliphatic hydroxyl groups is 2. The highest BCUT2D eigenvalue weighted by Crippen LogP contribution is 2.37. The summed E-state index contributed by atoms with van der Waals surface area (Å²) in [4.78, 5) is 25.0. The molecule has 0 spiro atoms. The smallest absolute Gasteiger partial charge is 0.338 e. The number of ether oxygens (including phenoxy) is 2. The number of carbonyl (C=O) groups excluding carboxylic acids is 2. The van der Waals surface area contributed by atoms with E-state index in [4.69, 9.17) is 9.47 Å². The molecule has 2 saturated carbocycles. The minimum absolute atomic E-state index is 0.219. The van der Waals surface area contributed by atoms with Gasteiger partial charge in [0.1, 0.15) is 12.2 Å². The first-order valence-corrected chi connectivity index (χ1v) is 11.8. The molecule has 0 aliphatic heterocycles. The van der Waals surface area contributed by atoms with Crippen LogP contribution in [0.5, 0.6) is 0 Å². The zero-order valence-electron chi connectivity index (χ0n) is 19.5. The van der Waals surface area contributed by atoms with Crippen LogP contribution in [-0.2, 0) is 19.1 Å². The largest absolute Gasteiger partial charge is 0.460 e. The van der Waals surface area contributed by atoms with Crippen molar-refractivity contribution in [3.05, 3.63) is 0 Å². The molecule has 0 saturated heterocycles. The summed E-state index contributed by atoms with van der Waals surface area (Å²) in [5.41, 5.74) is 0. The molecule has 0 aromatic carbocycles. The Morgan fingerprint density at radius 1 is 0.700 bits per heavy atom. The molecule has 2 rings (SSSR count). The first-order valence-electron chi connectivity index (χ1n) is 11.8. The Balaban J connectivity index is 1.96. The molecule has 2 aliphatic rings. The maximum atomic E-state index is 12.5. The predicted molar refractivity (Wildman–Crippen MR) is 114 cm³/mol. The third kappa shape index (κ3) is 6.43. The summed E-state index contributed by atoms with van der Waals surface area (Å²) in [7, 11) is 0. The summed E-state index contributed by atoms with van der Waals surface area (Å²) < 4.78 is 11.2. The molecule has 0 heterocycles. The first-order chi connectivity index (χ1) is 14.0. The molecule has 2 fully saturated rings. The van der Waals surface area contributed by atoms with E-state index in [9.17, 15) is 19.8 Å². The van der Waals surface area contributed by atoms with Crippen molar-refractivity contribution in [3.63, 3.8) is 0 Å². The van der Waals surface area contributed by atoms with Gasteiger partial charge in [-0.1, -0.05) is 54.4 Å². The number of esters is 2. The van der Waals surface area contributed by atoms with Crippen molar-refractivity contribution in [1.29, 1.82) is 0 Å². The lowest BCUT2D eigenvalue weighted by atomic mass is 9.75. The summed E-state index contributed by atoms with van der Waals surface area (Å²) in [6, 6.07) is 0. The molecule has 2 aliphatic carbocycles. The number of carbonyl (C=O) groups is 2. The van der Waals surface area contributed by atoms with Crippen LogP contribution in [0.15, 0.2) is 0 Å². The SMILES string of the molecule is CC(C)[C@@H]1CC[C@@H](C)C[C@@H]1OC(=O)C(O)C(O)C(=O)O[C@H]1C[C@H](C)CC[C@H]1C(C)C. The zero-order chi connectivity index (χ0) is 22.6. The minimum Gasteiger partial charge on any atom is -0.460 e. The Morgan fingerprint density at radius 3 is 1.33 bits per heavy atom. The number of aliphatic hydroxyl groups excluding tert-OH is 2. The minimum atomic E-state index is -1.93. The van der Waals surface area contributed by atoms with E-state index in [0.717, 1.165) is 38.5 Å². The van der Waals surface area contributed by atoms with Gasteiger partial charge < -0.3 is 19.7 Å². The van der Waals surface area contributed by atoms with Crippen molar-refractivity contribution >= 4 is 11.9 Å². The van der Waals surface area contributed by atoms with E-state index >= 15 is 0 Å². The molecule has 0 amide bonds. The van der Waals surface area contributed by atoms with Crippen LogP contribution in [0.2, 0.25) is 0 Å². The summed E-state index contributed by atoms with van der Waals surface area (Å²) in [6.45, 7) is 12.6. The number of hydrogen-bond donors (Lipinski definition) is 2. The Kier molecular flexibility index (Phi) is 9.16. The van der Waals surface area contributed by atoms with Crippen LogP contribution in [0.25, 0.3) is 0 Å². The maximum absolute atomic E-state index is 12.5. The average Bonchev–Trinajstić information content (AvgIpc) is 2.66. The Labute approximate surface area is 181 Å². The van der Waals surface area contributed by atoms with Crippen molar-refractivity contribution in [1.82, 2.24) is 0 Å². The van der Waals surface area contributed by atoms with E-state index in [0.29, 0.717) is 23.7 Å². The van der Waals surface area contributed by atoms with Crippen molar-refractivity contribution in [2.45, 2.75) is 104 Å². The highest BCUT2D eigenvalue weighted by atomic mass is 16.6. The lowest BCUT2D eigenvalue weighted by Gasteiger charge is -2.38. The van der Waals surface area contributed by atoms with Gasteiger partial charge in [0.15, 0.2) is 12.2 Å². The average molecular weight is 427 g/mol. The summed E-state index contributed by atoms with van der Waals surface area (Å²) in [6.07, 6.45) is 1.11. The van der Waals surface area contributed by atoms with Gasteiger partial charge in [0.05, 0.1) is 0 Å². The highest BCUT2D eigenvalue weighted by molar-refractivity contribution is 5.85. The van der Waals surface area contributed by atoms with E-state index in [2.05, 4.69) is 41.5 Å². The summed E-state index contributed by atoms with van der Waals surface area (Å²) in [5.74, 6) is 0.126. The molecule has 174 valence electrons. The monoisotopic (exact) mass is 426 g/mol. The van der Waals surface area contributed by atoms with E-state index in [1.54, 1.807) is 0 Å². The van der Waals surface area contributed by atoms with Gasteiger partial charge in [-0.15, -0.1) is 0 Å². The van der Waals surface area contributed by atoms with E-state index in [1.165, 1.54) is 0 Å². The fourth-order valence-electron chi connectivity index (χ4n) is 5.20. The van der Waals surface area contributed by atoms with Gasteiger partial charge in [0.2, 0.25) is 0 Å². The predicted octanol–water partition coefficient (Wildman–Crippen LogP) is 3.72. The van der Waals surface area contributed by atoms with Crippen molar-refractivity contribution in [2.75, 3.05) is 0 Å². The molecule has 0 aromatic heterocycles. The van der Waals surface area contributed by atoms with Crippen LogP contribution in [0.4, 0.5) is 0 Å². The molecule has 0 bridgehead atoms. The van der Waals surface area contributed by atoms with Gasteiger partial charge in [-0.25, -0.2) is 9.59 Å². The third-order valence-corrected chi connectivity index (χ3v) is 7.24. The molecular weight excluding hydrogens is 384 g/mol. The molecule has 6 nitrogen and oxygen atoms in total. The standard InChI is InChI=1S/C24H42O6/c1-13(2)17-9-7-15(5)11-19(17)29-23(27)21(25)22(26)24(28)30-20-12-16(6)8-10-18(20)14(3)4/h13-22,25-26H,7-12H2,1-6H3/t15-,16-,17+,18+,19+,20+,21?,22?/m1/s1. The second-order valence-electron chi connectivity index (χ2n) is 10.5. The summed E-state index contributed by atoms with van der Waals surface area (Å²) >= 11 is 0. The van der Waals surface area contributed by atoms with Crippen LogP contribution in [0.1, 0.15) is 80.1 Å². The van der Waals surface area contributed by atoms with Crippen LogP contribution >= 0.6 is 0 Å². The van der Waals surface area contributed by atoms with Crippen LogP contribution in [0, 0.1) is 35.5 Å². The molecule has 2 N–H and O–H groups in total. The third-order valence-electron chi connectivity index (χ3n) is 7.24. The van der Waals surface area contributed by atoms with Crippen LogP contribution in [0.3, 0.4) is 0 Å². The van der Waals surface area contributed by atoms with E-state index in [-0.39, 0.29) is 24.0 Å². The molecule has 6 heteroatoms. The fourth-order valence-corrected chi connectivity index (χ4v) is 5.20. The lowest BCUT2D eigenvalue weighted by Crippen LogP contribution is -2.47. The van der Waals surface area contributed by atoms with Crippen LogP contribution < -0.4 is 0 Å². The summed E-state index contributed by atoms with van der Waals surface area (Å²) in [5, 5.41) is 20.6. The topological polar surface area (TPSA) is 93.1 Å². The molecular formula is C24H42O6. The Bertz CT molecular complexity index is 524. The van der Waals surface area contributed by atoms with Crippen molar-refractivity contribution in [3.8, 4) is 0 Å². The highest BCUT2D eigenvalue weighted by Gasteiger charge is 2.40.